The number of carbonyl (C=O) groups excluding carboxylic acids is 4. The summed E-state index contributed by atoms with van der Waals surface area (Å²) in [5, 5.41) is 34.4. The van der Waals surface area contributed by atoms with Crippen molar-refractivity contribution >= 4 is 35.6 Å². The maximum absolute atomic E-state index is 13.0. The van der Waals surface area contributed by atoms with E-state index in [1.807, 2.05) is 0 Å². The molecule has 0 fully saturated rings. The molecule has 0 radical (unpaired) electrons. The molecular formula is C20H35N5O9. The first kappa shape index (κ1) is 30.7. The van der Waals surface area contributed by atoms with Crippen LogP contribution in [0.2, 0.25) is 0 Å². The summed E-state index contributed by atoms with van der Waals surface area (Å²) in [7, 11) is 0. The van der Waals surface area contributed by atoms with Gasteiger partial charge in [0.15, 0.2) is 6.04 Å². The van der Waals surface area contributed by atoms with Gasteiger partial charge in [-0.25, -0.2) is 4.79 Å². The van der Waals surface area contributed by atoms with E-state index in [4.69, 9.17) is 21.7 Å². The molecule has 0 aromatic carbocycles. The summed E-state index contributed by atoms with van der Waals surface area (Å²) >= 11 is 0. The van der Waals surface area contributed by atoms with Crippen LogP contribution >= 0.6 is 0 Å². The number of hydrogen-bond donors (Lipinski definition) is 8. The molecule has 6 unspecified atom stereocenters. The Balaban J connectivity index is 5.59. The summed E-state index contributed by atoms with van der Waals surface area (Å²) in [6.45, 7) is 4.55. The lowest BCUT2D eigenvalue weighted by Gasteiger charge is -2.28. The van der Waals surface area contributed by atoms with Gasteiger partial charge in [0.25, 0.3) is 0 Å². The first-order valence-corrected chi connectivity index (χ1v) is 10.8. The van der Waals surface area contributed by atoms with Crippen molar-refractivity contribution in [2.24, 2.45) is 17.4 Å². The molecule has 0 bridgehead atoms. The predicted octanol–water partition coefficient (Wildman–Crippen LogP) is -2.59. The fourth-order valence-electron chi connectivity index (χ4n) is 2.83. The molecule has 4 amide bonds. The number of hydrogen-bond acceptors (Lipinski definition) is 8. The molecular weight excluding hydrogens is 454 g/mol. The largest absolute Gasteiger partial charge is 0.481 e. The van der Waals surface area contributed by atoms with Crippen molar-refractivity contribution in [3.8, 4) is 0 Å². The lowest BCUT2D eigenvalue weighted by molar-refractivity contribution is -0.145. The van der Waals surface area contributed by atoms with Crippen LogP contribution in [0.15, 0.2) is 0 Å². The number of carboxylic acids is 2. The zero-order valence-electron chi connectivity index (χ0n) is 19.4. The van der Waals surface area contributed by atoms with Gasteiger partial charge in [-0.1, -0.05) is 20.3 Å². The van der Waals surface area contributed by atoms with Gasteiger partial charge < -0.3 is 42.7 Å². The number of carbonyl (C=O) groups is 6. The van der Waals surface area contributed by atoms with E-state index >= 15 is 0 Å². The number of primary amides is 1. The van der Waals surface area contributed by atoms with Crippen LogP contribution in [0.25, 0.3) is 0 Å². The van der Waals surface area contributed by atoms with Crippen LogP contribution in [0, 0.1) is 5.92 Å². The van der Waals surface area contributed by atoms with Crippen molar-refractivity contribution in [2.75, 3.05) is 0 Å². The van der Waals surface area contributed by atoms with Crippen molar-refractivity contribution in [2.45, 2.75) is 83.1 Å². The van der Waals surface area contributed by atoms with Crippen molar-refractivity contribution in [1.29, 1.82) is 0 Å². The molecule has 0 heterocycles. The highest BCUT2D eigenvalue weighted by atomic mass is 16.4. The Labute approximate surface area is 196 Å². The first-order valence-electron chi connectivity index (χ1n) is 10.8. The summed E-state index contributed by atoms with van der Waals surface area (Å²) < 4.78 is 0. The van der Waals surface area contributed by atoms with E-state index < -0.39 is 71.8 Å². The van der Waals surface area contributed by atoms with E-state index in [-0.39, 0.29) is 25.7 Å². The van der Waals surface area contributed by atoms with Gasteiger partial charge in [0.05, 0.1) is 12.1 Å². The molecule has 0 aliphatic rings. The molecule has 0 saturated heterocycles. The van der Waals surface area contributed by atoms with E-state index in [0.29, 0.717) is 6.42 Å². The average Bonchev–Trinajstić information content (AvgIpc) is 2.74. The summed E-state index contributed by atoms with van der Waals surface area (Å²) in [5.74, 6) is -6.40. The minimum absolute atomic E-state index is 0.157. The van der Waals surface area contributed by atoms with Gasteiger partial charge in [-0.05, 0) is 25.7 Å². The minimum Gasteiger partial charge on any atom is -0.481 e. The Kier molecular flexibility index (Phi) is 13.4. The summed E-state index contributed by atoms with van der Waals surface area (Å²) in [6, 6.07) is -5.42. The smallest absolute Gasteiger partial charge is 0.328 e. The summed E-state index contributed by atoms with van der Waals surface area (Å²) in [4.78, 5) is 71.1. The molecule has 34 heavy (non-hydrogen) atoms. The number of aliphatic hydroxyl groups excluding tert-OH is 1. The van der Waals surface area contributed by atoms with Crippen LogP contribution in [0.1, 0.15) is 52.9 Å². The maximum Gasteiger partial charge on any atom is 0.328 e. The molecule has 0 spiro atoms. The SMILES string of the molecule is CCC(C)C(NC(=O)C(N)CCC(=O)O)C(=O)NC(CCC(N)=O)C(=O)NC(C(=O)O)C(C)O. The predicted molar refractivity (Wildman–Crippen MR) is 118 cm³/mol. The van der Waals surface area contributed by atoms with Crippen molar-refractivity contribution < 1.29 is 44.1 Å². The normalized spacial score (nSPS) is 16.1. The van der Waals surface area contributed by atoms with Gasteiger partial charge in [0.2, 0.25) is 23.6 Å². The molecule has 0 rings (SSSR count). The van der Waals surface area contributed by atoms with Crippen molar-refractivity contribution in [3.05, 3.63) is 0 Å². The maximum atomic E-state index is 13.0. The zero-order valence-corrected chi connectivity index (χ0v) is 19.4. The third-order valence-corrected chi connectivity index (χ3v) is 5.16. The number of nitrogens with one attached hydrogen (secondary N) is 3. The highest BCUT2D eigenvalue weighted by molar-refractivity contribution is 5.94. The lowest BCUT2D eigenvalue weighted by Crippen LogP contribution is -2.59. The Morgan fingerprint density at radius 1 is 0.824 bits per heavy atom. The monoisotopic (exact) mass is 489 g/mol. The topological polar surface area (TPSA) is 251 Å². The number of aliphatic carboxylic acids is 2. The second kappa shape index (κ2) is 14.8. The molecule has 14 heteroatoms. The molecule has 0 aliphatic heterocycles. The van der Waals surface area contributed by atoms with Gasteiger partial charge in [0, 0.05) is 12.8 Å². The Hall–Kier alpha value is -3.26. The number of carboxylic acid groups (broad SMARTS) is 2. The van der Waals surface area contributed by atoms with Crippen molar-refractivity contribution in [1.82, 2.24) is 16.0 Å². The highest BCUT2D eigenvalue weighted by Gasteiger charge is 2.33. The number of amides is 4. The molecule has 0 aromatic rings. The Bertz CT molecular complexity index is 759. The second-order valence-corrected chi connectivity index (χ2v) is 8.04. The molecule has 0 saturated carbocycles. The van der Waals surface area contributed by atoms with E-state index in [0.717, 1.165) is 6.92 Å². The molecule has 0 aromatic heterocycles. The summed E-state index contributed by atoms with van der Waals surface area (Å²) in [6.07, 6.45) is -2.10. The quantitative estimate of drug-likeness (QED) is 0.112. The molecule has 14 nitrogen and oxygen atoms in total. The van der Waals surface area contributed by atoms with Crippen LogP contribution in [0.5, 0.6) is 0 Å². The van der Waals surface area contributed by atoms with E-state index in [1.165, 1.54) is 0 Å². The fourth-order valence-corrected chi connectivity index (χ4v) is 2.83. The van der Waals surface area contributed by atoms with Crippen LogP contribution in [-0.2, 0) is 28.8 Å². The standard InChI is InChI=1S/C20H35N5O9/c1-4-9(2)15(24-17(30)11(21)5-8-14(28)29)19(32)23-12(6-7-13(22)27)18(31)25-16(10(3)26)20(33)34/h9-12,15-16,26H,4-8,21H2,1-3H3,(H2,22,27)(H,23,32)(H,24,30)(H,25,31)(H,28,29)(H,33,34). The zero-order chi connectivity index (χ0) is 26.6. The second-order valence-electron chi connectivity index (χ2n) is 8.04. The van der Waals surface area contributed by atoms with Crippen LogP contribution < -0.4 is 27.4 Å². The van der Waals surface area contributed by atoms with Crippen molar-refractivity contribution in [3.63, 3.8) is 0 Å². The number of nitrogens with two attached hydrogens (primary N) is 2. The van der Waals surface area contributed by atoms with Gasteiger partial charge in [-0.3, -0.25) is 24.0 Å². The van der Waals surface area contributed by atoms with Gasteiger partial charge in [-0.15, -0.1) is 0 Å². The van der Waals surface area contributed by atoms with E-state index in [2.05, 4.69) is 16.0 Å². The number of aliphatic hydroxyl groups is 1. The van der Waals surface area contributed by atoms with E-state index in [9.17, 15) is 33.9 Å². The molecule has 194 valence electrons. The van der Waals surface area contributed by atoms with Crippen LogP contribution in [0.3, 0.4) is 0 Å². The molecule has 10 N–H and O–H groups in total. The van der Waals surface area contributed by atoms with Gasteiger partial charge >= 0.3 is 11.9 Å². The minimum atomic E-state index is -1.67. The molecule has 6 atom stereocenters. The highest BCUT2D eigenvalue weighted by Crippen LogP contribution is 2.10. The third kappa shape index (κ3) is 11.0. The van der Waals surface area contributed by atoms with Gasteiger partial charge in [0.1, 0.15) is 12.1 Å². The molecule has 0 aliphatic carbocycles. The Morgan fingerprint density at radius 3 is 1.82 bits per heavy atom. The lowest BCUT2D eigenvalue weighted by atomic mass is 9.96. The van der Waals surface area contributed by atoms with Gasteiger partial charge in [-0.2, -0.15) is 0 Å². The third-order valence-electron chi connectivity index (χ3n) is 5.16. The number of rotatable bonds is 16. The average molecular weight is 490 g/mol. The van der Waals surface area contributed by atoms with Crippen LogP contribution in [0.4, 0.5) is 0 Å². The fraction of sp³-hybridized carbons (Fsp3) is 0.700. The first-order chi connectivity index (χ1) is 15.7. The summed E-state index contributed by atoms with van der Waals surface area (Å²) in [5.41, 5.74) is 10.8. The Morgan fingerprint density at radius 2 is 1.38 bits per heavy atom. The van der Waals surface area contributed by atoms with Crippen LogP contribution in [-0.4, -0.2) is 81.2 Å². The van der Waals surface area contributed by atoms with E-state index in [1.54, 1.807) is 13.8 Å².